The molecule has 0 aliphatic carbocycles. The van der Waals surface area contributed by atoms with Gasteiger partial charge in [0, 0.05) is 55.7 Å². The Morgan fingerprint density at radius 3 is 2.36 bits per heavy atom. The van der Waals surface area contributed by atoms with Gasteiger partial charge in [0.25, 0.3) is 11.8 Å². The minimum atomic E-state index is -0.625. The molecule has 7 aromatic rings. The number of amides is 2. The van der Waals surface area contributed by atoms with Gasteiger partial charge in [0.1, 0.15) is 5.58 Å². The summed E-state index contributed by atoms with van der Waals surface area (Å²) in [6.45, 7) is 9.09. The number of benzene rings is 4. The summed E-state index contributed by atoms with van der Waals surface area (Å²) < 4.78 is 7.74. The van der Waals surface area contributed by atoms with Crippen LogP contribution in [-0.4, -0.2) is 38.0 Å². The molecule has 2 amide bonds. The van der Waals surface area contributed by atoms with Crippen molar-refractivity contribution in [2.24, 2.45) is 0 Å². The highest BCUT2D eigenvalue weighted by Crippen LogP contribution is 2.25. The molecule has 266 valence electrons. The maximum Gasteiger partial charge on any atom is 0.291 e. The highest BCUT2D eigenvalue weighted by Gasteiger charge is 2.19. The molecule has 0 aliphatic heterocycles. The van der Waals surface area contributed by atoms with Crippen molar-refractivity contribution < 1.29 is 14.0 Å². The smallest absolute Gasteiger partial charge is 0.291 e. The Morgan fingerprint density at radius 2 is 1.57 bits per heavy atom. The number of fused-ring (bicyclic) bond motifs is 2. The van der Waals surface area contributed by atoms with Crippen LogP contribution >= 0.6 is 0 Å². The van der Waals surface area contributed by atoms with Crippen LogP contribution in [0.15, 0.2) is 125 Å². The lowest BCUT2D eigenvalue weighted by Crippen LogP contribution is -2.25. The first-order chi connectivity index (χ1) is 25.7. The second-order valence-corrected chi connectivity index (χ2v) is 13.2. The predicted octanol–water partition coefficient (Wildman–Crippen LogP) is 7.92. The first-order valence-electron chi connectivity index (χ1n) is 17.7. The molecule has 10 nitrogen and oxygen atoms in total. The fourth-order valence-electron chi connectivity index (χ4n) is 6.46. The van der Waals surface area contributed by atoms with Gasteiger partial charge >= 0.3 is 0 Å². The van der Waals surface area contributed by atoms with Crippen LogP contribution < -0.4 is 16.1 Å². The Kier molecular flexibility index (Phi) is 10.2. The molecule has 0 unspecified atom stereocenters. The summed E-state index contributed by atoms with van der Waals surface area (Å²) in [6, 6.07) is 29.8. The third-order valence-electron chi connectivity index (χ3n) is 9.45. The number of nitrogens with one attached hydrogen (secondary N) is 2. The molecule has 0 fully saturated rings. The predicted molar refractivity (Wildman–Crippen MR) is 208 cm³/mol. The van der Waals surface area contributed by atoms with E-state index in [4.69, 9.17) is 4.42 Å². The quantitative estimate of drug-likeness (QED) is 0.133. The van der Waals surface area contributed by atoms with Gasteiger partial charge in [0.15, 0.2) is 11.2 Å². The number of pyridine rings is 1. The molecule has 0 radical (unpaired) electrons. The SMILES string of the molecule is CCn1ncc2cc(CN(CCc3ccc(NC(=O)c4cc(C)c(C)cc4NC(=O)c4cc(=O)c5ccccc5o4)cc3)Cc3cccnc3)ccc21. The number of aryl methyl sites for hydroxylation is 3. The van der Waals surface area contributed by atoms with E-state index >= 15 is 0 Å². The van der Waals surface area contributed by atoms with Crippen LogP contribution in [0.25, 0.3) is 21.9 Å². The van der Waals surface area contributed by atoms with Gasteiger partial charge in [0.2, 0.25) is 0 Å². The fraction of sp³-hybridized carbons (Fsp3) is 0.186. The van der Waals surface area contributed by atoms with Gasteiger partial charge in [0.05, 0.1) is 28.4 Å². The number of hydrogen-bond acceptors (Lipinski definition) is 7. The summed E-state index contributed by atoms with van der Waals surface area (Å²) >= 11 is 0. The van der Waals surface area contributed by atoms with E-state index in [9.17, 15) is 14.4 Å². The normalized spacial score (nSPS) is 11.3. The lowest BCUT2D eigenvalue weighted by molar-refractivity contribution is 0.0997. The summed E-state index contributed by atoms with van der Waals surface area (Å²) in [5.41, 5.74) is 7.65. The largest absolute Gasteiger partial charge is 0.451 e. The van der Waals surface area contributed by atoms with Crippen molar-refractivity contribution in [3.8, 4) is 0 Å². The van der Waals surface area contributed by atoms with E-state index in [2.05, 4.69) is 56.8 Å². The average Bonchev–Trinajstić information content (AvgIpc) is 3.58. The zero-order chi connectivity index (χ0) is 36.9. The minimum Gasteiger partial charge on any atom is -0.451 e. The van der Waals surface area contributed by atoms with E-state index < -0.39 is 5.91 Å². The lowest BCUT2D eigenvalue weighted by atomic mass is 10.0. The number of carbonyl (C=O) groups excluding carboxylic acids is 2. The monoisotopic (exact) mass is 704 g/mol. The van der Waals surface area contributed by atoms with Crippen LogP contribution in [0.1, 0.15) is 55.7 Å². The van der Waals surface area contributed by atoms with Gasteiger partial charge in [-0.2, -0.15) is 5.10 Å². The molecule has 3 heterocycles. The summed E-state index contributed by atoms with van der Waals surface area (Å²) in [5, 5.41) is 11.8. The van der Waals surface area contributed by atoms with Gasteiger partial charge in [-0.05, 0) is 110 Å². The van der Waals surface area contributed by atoms with E-state index in [1.165, 1.54) is 11.6 Å². The molecule has 4 aromatic carbocycles. The number of hydrogen-bond donors (Lipinski definition) is 2. The molecule has 0 saturated carbocycles. The highest BCUT2D eigenvalue weighted by molar-refractivity contribution is 6.12. The van der Waals surface area contributed by atoms with E-state index in [-0.39, 0.29) is 17.1 Å². The van der Waals surface area contributed by atoms with Crippen molar-refractivity contribution in [2.75, 3.05) is 17.2 Å². The molecule has 53 heavy (non-hydrogen) atoms. The molecule has 0 aliphatic rings. The minimum absolute atomic E-state index is 0.141. The van der Waals surface area contributed by atoms with E-state index in [0.717, 1.165) is 65.8 Å². The van der Waals surface area contributed by atoms with Crippen LogP contribution in [0.4, 0.5) is 11.4 Å². The molecule has 0 bridgehead atoms. The topological polar surface area (TPSA) is 122 Å². The van der Waals surface area contributed by atoms with Crippen LogP contribution in [0.5, 0.6) is 0 Å². The summed E-state index contributed by atoms with van der Waals surface area (Å²) in [4.78, 5) is 46.3. The van der Waals surface area contributed by atoms with Gasteiger partial charge in [-0.15, -0.1) is 0 Å². The second kappa shape index (κ2) is 15.5. The first-order valence-corrected chi connectivity index (χ1v) is 17.7. The molecule has 10 heteroatoms. The first kappa shape index (κ1) is 35.0. The molecule has 2 N–H and O–H groups in total. The molecule has 0 saturated heterocycles. The average molecular weight is 705 g/mol. The Bertz CT molecular complexity index is 2490. The highest BCUT2D eigenvalue weighted by atomic mass is 16.3. The van der Waals surface area contributed by atoms with Crippen LogP contribution in [-0.2, 0) is 26.1 Å². The molecule has 0 atom stereocenters. The summed E-state index contributed by atoms with van der Waals surface area (Å²) in [5.74, 6) is -1.14. The van der Waals surface area contributed by atoms with Gasteiger partial charge in [-0.25, -0.2) is 0 Å². The third-order valence-corrected chi connectivity index (χ3v) is 9.45. The maximum absolute atomic E-state index is 13.6. The molecule has 3 aromatic heterocycles. The number of rotatable bonds is 12. The molecule has 0 spiro atoms. The fourth-order valence-corrected chi connectivity index (χ4v) is 6.46. The standard InChI is InChI=1S/C43H40N6O4/c1-4-49-38-16-13-31(22-33(38)25-45-49)26-48(27-32-8-7-18-44-24-32)19-17-30-11-14-34(15-12-30)46-42(51)36-20-28(2)29(3)21-37(36)47-43(52)41-23-39(50)35-9-5-6-10-40(35)53-41/h5-16,18,20-25H,4,17,19,26-27H2,1-3H3,(H,46,51)(H,47,52). The Labute approximate surface area is 307 Å². The zero-order valence-corrected chi connectivity index (χ0v) is 29.9. The molecular weight excluding hydrogens is 665 g/mol. The van der Waals surface area contributed by atoms with Crippen molar-refractivity contribution in [1.82, 2.24) is 19.7 Å². The van der Waals surface area contributed by atoms with Crippen LogP contribution in [0.3, 0.4) is 0 Å². The Morgan fingerprint density at radius 1 is 0.792 bits per heavy atom. The van der Waals surface area contributed by atoms with Gasteiger partial charge in [-0.3, -0.25) is 28.9 Å². The Balaban J connectivity index is 1.03. The summed E-state index contributed by atoms with van der Waals surface area (Å²) in [7, 11) is 0. The van der Waals surface area contributed by atoms with E-state index in [0.29, 0.717) is 27.9 Å². The van der Waals surface area contributed by atoms with E-state index in [1.807, 2.05) is 61.3 Å². The molecule has 7 rings (SSSR count). The number of carbonyl (C=O) groups is 2. The van der Waals surface area contributed by atoms with Gasteiger partial charge in [-0.1, -0.05) is 36.4 Å². The van der Waals surface area contributed by atoms with Crippen molar-refractivity contribution in [3.05, 3.63) is 165 Å². The van der Waals surface area contributed by atoms with Crippen LogP contribution in [0.2, 0.25) is 0 Å². The van der Waals surface area contributed by atoms with Crippen molar-refractivity contribution in [1.29, 1.82) is 0 Å². The third kappa shape index (κ3) is 8.08. The maximum atomic E-state index is 13.6. The van der Waals surface area contributed by atoms with Crippen LogP contribution in [0, 0.1) is 13.8 Å². The molecular formula is C43H40N6O4. The lowest BCUT2D eigenvalue weighted by Gasteiger charge is -2.23. The van der Waals surface area contributed by atoms with Gasteiger partial charge < -0.3 is 15.1 Å². The van der Waals surface area contributed by atoms with Crippen molar-refractivity contribution in [2.45, 2.75) is 46.8 Å². The number of nitrogens with zero attached hydrogens (tertiary/aromatic N) is 4. The van der Waals surface area contributed by atoms with E-state index in [1.54, 1.807) is 42.6 Å². The number of anilines is 2. The zero-order valence-electron chi connectivity index (χ0n) is 29.9. The number of aromatic nitrogens is 3. The number of para-hydroxylation sites is 1. The Hall–Kier alpha value is -6.39. The second-order valence-electron chi connectivity index (χ2n) is 13.2. The summed E-state index contributed by atoms with van der Waals surface area (Å²) in [6.07, 6.45) is 6.43. The van der Waals surface area contributed by atoms with Crippen molar-refractivity contribution in [3.63, 3.8) is 0 Å². The van der Waals surface area contributed by atoms with Crippen molar-refractivity contribution >= 4 is 45.1 Å².